The van der Waals surface area contributed by atoms with Gasteiger partial charge in [0.05, 0.1) is 12.3 Å². The van der Waals surface area contributed by atoms with Crippen molar-refractivity contribution in [1.29, 1.82) is 0 Å². The highest BCUT2D eigenvalue weighted by Gasteiger charge is 2.16. The van der Waals surface area contributed by atoms with E-state index in [4.69, 9.17) is 21.1 Å². The molecule has 0 bridgehead atoms. The molecule has 1 aromatic rings. The van der Waals surface area contributed by atoms with Crippen LogP contribution in [0, 0.1) is 0 Å². The average molecular weight is 315 g/mol. The number of nitrogens with zero attached hydrogens (tertiary/aromatic N) is 1. The van der Waals surface area contributed by atoms with Crippen LogP contribution in [0.15, 0.2) is 18.2 Å². The first-order valence-electron chi connectivity index (χ1n) is 6.84. The SMILES string of the molecule is COCC(C)Oc1ccc(Cl)cc1NC(=O)N(C)C(C)C. The molecule has 0 saturated heterocycles. The molecule has 0 aliphatic carbocycles. The molecule has 5 nitrogen and oxygen atoms in total. The minimum absolute atomic E-state index is 0.0981. The molecule has 0 heterocycles. The summed E-state index contributed by atoms with van der Waals surface area (Å²) >= 11 is 5.99. The lowest BCUT2D eigenvalue weighted by Gasteiger charge is -2.23. The van der Waals surface area contributed by atoms with Crippen LogP contribution in [0.3, 0.4) is 0 Å². The highest BCUT2D eigenvalue weighted by Crippen LogP contribution is 2.29. The van der Waals surface area contributed by atoms with E-state index in [1.165, 1.54) is 0 Å². The van der Waals surface area contributed by atoms with E-state index < -0.39 is 0 Å². The van der Waals surface area contributed by atoms with Gasteiger partial charge in [0.25, 0.3) is 0 Å². The van der Waals surface area contributed by atoms with Crippen molar-refractivity contribution in [3.63, 3.8) is 0 Å². The summed E-state index contributed by atoms with van der Waals surface area (Å²) in [7, 11) is 3.35. The molecule has 1 unspecified atom stereocenters. The molecule has 0 fully saturated rings. The lowest BCUT2D eigenvalue weighted by molar-refractivity contribution is 0.0925. The number of urea groups is 1. The van der Waals surface area contributed by atoms with Crippen molar-refractivity contribution in [3.8, 4) is 5.75 Å². The second-order valence-corrected chi connectivity index (χ2v) is 5.60. The predicted molar refractivity (Wildman–Crippen MR) is 85.3 cm³/mol. The Kier molecular flexibility index (Phi) is 6.78. The summed E-state index contributed by atoms with van der Waals surface area (Å²) in [5.74, 6) is 0.564. The van der Waals surface area contributed by atoms with Crippen molar-refractivity contribution in [2.24, 2.45) is 0 Å². The van der Waals surface area contributed by atoms with Gasteiger partial charge in [-0.15, -0.1) is 0 Å². The van der Waals surface area contributed by atoms with E-state index in [1.807, 2.05) is 20.8 Å². The van der Waals surface area contributed by atoms with Crippen LogP contribution in [0.5, 0.6) is 5.75 Å². The molecule has 1 aromatic carbocycles. The zero-order chi connectivity index (χ0) is 16.0. The average Bonchev–Trinajstić information content (AvgIpc) is 2.41. The Balaban J connectivity index is 2.89. The number of ether oxygens (including phenoxy) is 2. The van der Waals surface area contributed by atoms with Crippen LogP contribution in [0.4, 0.5) is 10.5 Å². The summed E-state index contributed by atoms with van der Waals surface area (Å²) in [6.45, 7) is 6.23. The highest BCUT2D eigenvalue weighted by atomic mass is 35.5. The molecule has 0 aliphatic heterocycles. The molecule has 1 N–H and O–H groups in total. The zero-order valence-electron chi connectivity index (χ0n) is 13.1. The third kappa shape index (κ3) is 5.44. The van der Waals surface area contributed by atoms with Crippen LogP contribution in [0.25, 0.3) is 0 Å². The quantitative estimate of drug-likeness (QED) is 0.872. The first-order valence-corrected chi connectivity index (χ1v) is 7.22. The Hall–Kier alpha value is -1.46. The maximum atomic E-state index is 12.1. The normalized spacial score (nSPS) is 12.1. The lowest BCUT2D eigenvalue weighted by Crippen LogP contribution is -2.36. The molecular weight excluding hydrogens is 292 g/mol. The van der Waals surface area contributed by atoms with Crippen molar-refractivity contribution in [2.75, 3.05) is 26.1 Å². The number of carbonyl (C=O) groups is 1. The molecule has 118 valence electrons. The smallest absolute Gasteiger partial charge is 0.321 e. The summed E-state index contributed by atoms with van der Waals surface area (Å²) in [5, 5.41) is 3.35. The van der Waals surface area contributed by atoms with Crippen LogP contribution in [0.1, 0.15) is 20.8 Å². The van der Waals surface area contributed by atoms with Gasteiger partial charge >= 0.3 is 6.03 Å². The summed E-state index contributed by atoms with van der Waals surface area (Å²) in [4.78, 5) is 13.7. The van der Waals surface area contributed by atoms with Crippen molar-refractivity contribution >= 4 is 23.3 Å². The molecule has 0 saturated carbocycles. The van der Waals surface area contributed by atoms with Crippen molar-refractivity contribution in [1.82, 2.24) is 4.90 Å². The molecule has 0 radical (unpaired) electrons. The molecule has 21 heavy (non-hydrogen) atoms. The fraction of sp³-hybridized carbons (Fsp3) is 0.533. The number of rotatable bonds is 6. The van der Waals surface area contributed by atoms with E-state index in [-0.39, 0.29) is 18.2 Å². The van der Waals surface area contributed by atoms with Gasteiger partial charge in [0, 0.05) is 25.2 Å². The van der Waals surface area contributed by atoms with Crippen LogP contribution in [-0.2, 0) is 4.74 Å². The number of methoxy groups -OCH3 is 1. The first kappa shape index (κ1) is 17.6. The number of hydrogen-bond donors (Lipinski definition) is 1. The Labute approximate surface area is 131 Å². The van der Waals surface area contributed by atoms with Gasteiger partial charge in [-0.2, -0.15) is 0 Å². The van der Waals surface area contributed by atoms with Crippen LogP contribution in [0.2, 0.25) is 5.02 Å². The topological polar surface area (TPSA) is 50.8 Å². The van der Waals surface area contributed by atoms with E-state index in [2.05, 4.69) is 5.32 Å². The van der Waals surface area contributed by atoms with E-state index in [0.29, 0.717) is 23.1 Å². The van der Waals surface area contributed by atoms with Gasteiger partial charge in [0.1, 0.15) is 11.9 Å². The monoisotopic (exact) mass is 314 g/mol. The van der Waals surface area contributed by atoms with Gasteiger partial charge in [0.2, 0.25) is 0 Å². The summed E-state index contributed by atoms with van der Waals surface area (Å²) in [5.41, 5.74) is 0.544. The standard InChI is InChI=1S/C15H23ClN2O3/c1-10(2)18(4)15(19)17-13-8-12(16)6-7-14(13)21-11(3)9-20-5/h6-8,10-11H,9H2,1-5H3,(H,17,19). The fourth-order valence-electron chi connectivity index (χ4n) is 1.63. The first-order chi connectivity index (χ1) is 9.85. The van der Waals surface area contributed by atoms with Crippen molar-refractivity contribution in [2.45, 2.75) is 32.9 Å². The Bertz CT molecular complexity index is 480. The highest BCUT2D eigenvalue weighted by molar-refractivity contribution is 6.31. The molecule has 0 aromatic heterocycles. The number of hydrogen-bond acceptors (Lipinski definition) is 3. The van der Waals surface area contributed by atoms with Gasteiger partial charge in [-0.05, 0) is 39.0 Å². The number of benzene rings is 1. The molecule has 1 atom stereocenters. The minimum atomic E-state index is -0.212. The van der Waals surface area contributed by atoms with Crippen LogP contribution < -0.4 is 10.1 Å². The molecule has 1 rings (SSSR count). The molecule has 0 spiro atoms. The van der Waals surface area contributed by atoms with Gasteiger partial charge < -0.3 is 19.7 Å². The Morgan fingerprint density at radius 3 is 2.62 bits per heavy atom. The minimum Gasteiger partial charge on any atom is -0.486 e. The van der Waals surface area contributed by atoms with Crippen molar-refractivity contribution < 1.29 is 14.3 Å². The van der Waals surface area contributed by atoms with Gasteiger partial charge in [-0.1, -0.05) is 11.6 Å². The summed E-state index contributed by atoms with van der Waals surface area (Å²) in [6.07, 6.45) is -0.130. The molecule has 0 aliphatic rings. The van der Waals surface area contributed by atoms with Crippen molar-refractivity contribution in [3.05, 3.63) is 23.2 Å². The van der Waals surface area contributed by atoms with E-state index in [1.54, 1.807) is 37.3 Å². The Morgan fingerprint density at radius 2 is 2.05 bits per heavy atom. The maximum Gasteiger partial charge on any atom is 0.321 e. The molecular formula is C15H23ClN2O3. The second kappa shape index (κ2) is 8.10. The van der Waals surface area contributed by atoms with Gasteiger partial charge in [-0.25, -0.2) is 4.79 Å². The number of anilines is 1. The maximum absolute atomic E-state index is 12.1. The Morgan fingerprint density at radius 1 is 1.38 bits per heavy atom. The largest absolute Gasteiger partial charge is 0.486 e. The van der Waals surface area contributed by atoms with E-state index in [0.717, 1.165) is 0 Å². The molecule has 6 heteroatoms. The number of nitrogens with one attached hydrogen (secondary N) is 1. The second-order valence-electron chi connectivity index (χ2n) is 5.16. The number of amides is 2. The van der Waals surface area contributed by atoms with E-state index in [9.17, 15) is 4.79 Å². The summed E-state index contributed by atoms with van der Waals surface area (Å²) < 4.78 is 10.8. The lowest BCUT2D eigenvalue weighted by atomic mass is 10.2. The zero-order valence-corrected chi connectivity index (χ0v) is 13.9. The summed E-state index contributed by atoms with van der Waals surface area (Å²) in [6, 6.07) is 5.01. The van der Waals surface area contributed by atoms with E-state index >= 15 is 0 Å². The number of carbonyl (C=O) groups excluding carboxylic acids is 1. The van der Waals surface area contributed by atoms with Gasteiger partial charge in [-0.3, -0.25) is 0 Å². The predicted octanol–water partition coefficient (Wildman–Crippen LogP) is 3.63. The van der Waals surface area contributed by atoms with Crippen LogP contribution in [-0.4, -0.2) is 43.8 Å². The van der Waals surface area contributed by atoms with Gasteiger partial charge in [0.15, 0.2) is 0 Å². The fourth-order valence-corrected chi connectivity index (χ4v) is 1.80. The third-order valence-electron chi connectivity index (χ3n) is 3.01. The molecule has 2 amide bonds. The van der Waals surface area contributed by atoms with Crippen LogP contribution >= 0.6 is 11.6 Å². The number of halogens is 1. The third-order valence-corrected chi connectivity index (χ3v) is 3.24.